The van der Waals surface area contributed by atoms with Crippen LogP contribution in [0.15, 0.2) is 24.4 Å². The lowest BCUT2D eigenvalue weighted by Gasteiger charge is -2.36. The first-order valence-electron chi connectivity index (χ1n) is 5.49. The van der Waals surface area contributed by atoms with Gasteiger partial charge in [0.15, 0.2) is 0 Å². The van der Waals surface area contributed by atoms with E-state index >= 15 is 0 Å². The third kappa shape index (κ3) is 2.55. The van der Waals surface area contributed by atoms with Gasteiger partial charge in [0.2, 0.25) is 0 Å². The standard InChI is InChI=1S/C12H18N2O/c1-9(12-5-3-4-6-13-12)14-10-7-11(8-10)15-2/h3-6,9-11,14H,7-8H2,1-2H3. The van der Waals surface area contributed by atoms with E-state index in [2.05, 4.69) is 23.3 Å². The SMILES string of the molecule is COC1CC(NC(C)c2ccccn2)C1. The molecule has 1 aliphatic rings. The first-order valence-corrected chi connectivity index (χ1v) is 5.49. The molecule has 2 rings (SSSR count). The molecular weight excluding hydrogens is 188 g/mol. The molecule has 3 nitrogen and oxygen atoms in total. The molecular formula is C12H18N2O. The van der Waals surface area contributed by atoms with E-state index in [1.807, 2.05) is 18.3 Å². The first-order chi connectivity index (χ1) is 7.29. The molecule has 0 aliphatic heterocycles. The van der Waals surface area contributed by atoms with Gasteiger partial charge in [0.1, 0.15) is 0 Å². The average Bonchev–Trinajstić information content (AvgIpc) is 2.23. The molecule has 1 aliphatic carbocycles. The maximum absolute atomic E-state index is 5.25. The minimum atomic E-state index is 0.328. The molecule has 0 amide bonds. The Kier molecular flexibility index (Phi) is 3.34. The number of pyridine rings is 1. The fourth-order valence-electron chi connectivity index (χ4n) is 1.97. The van der Waals surface area contributed by atoms with Gasteiger partial charge in [-0.1, -0.05) is 6.07 Å². The Morgan fingerprint density at radius 1 is 1.47 bits per heavy atom. The highest BCUT2D eigenvalue weighted by Gasteiger charge is 2.29. The van der Waals surface area contributed by atoms with Crippen molar-refractivity contribution in [3.05, 3.63) is 30.1 Å². The third-order valence-electron chi connectivity index (χ3n) is 3.05. The summed E-state index contributed by atoms with van der Waals surface area (Å²) in [4.78, 5) is 4.34. The van der Waals surface area contributed by atoms with Crippen LogP contribution in [0.25, 0.3) is 0 Å². The van der Waals surface area contributed by atoms with E-state index in [0.717, 1.165) is 18.5 Å². The fourth-order valence-corrected chi connectivity index (χ4v) is 1.97. The molecule has 0 radical (unpaired) electrons. The largest absolute Gasteiger partial charge is 0.381 e. The smallest absolute Gasteiger partial charge is 0.0601 e. The van der Waals surface area contributed by atoms with Crippen molar-refractivity contribution in [1.82, 2.24) is 10.3 Å². The minimum Gasteiger partial charge on any atom is -0.381 e. The number of rotatable bonds is 4. The van der Waals surface area contributed by atoms with Gasteiger partial charge < -0.3 is 10.1 Å². The van der Waals surface area contributed by atoms with E-state index in [1.54, 1.807) is 7.11 Å². The summed E-state index contributed by atoms with van der Waals surface area (Å²) in [6.07, 6.45) is 4.53. The van der Waals surface area contributed by atoms with Gasteiger partial charge >= 0.3 is 0 Å². The van der Waals surface area contributed by atoms with E-state index in [4.69, 9.17) is 4.74 Å². The summed E-state index contributed by atoms with van der Waals surface area (Å²) in [5.41, 5.74) is 1.11. The van der Waals surface area contributed by atoms with Crippen LogP contribution in [-0.4, -0.2) is 24.2 Å². The molecule has 1 unspecified atom stereocenters. The minimum absolute atomic E-state index is 0.328. The molecule has 1 saturated carbocycles. The number of methoxy groups -OCH3 is 1. The Hall–Kier alpha value is -0.930. The zero-order valence-electron chi connectivity index (χ0n) is 9.31. The lowest BCUT2D eigenvalue weighted by Crippen LogP contribution is -2.45. The van der Waals surface area contributed by atoms with Crippen molar-refractivity contribution in [3.63, 3.8) is 0 Å². The highest BCUT2D eigenvalue weighted by molar-refractivity contribution is 5.08. The summed E-state index contributed by atoms with van der Waals surface area (Å²) in [5.74, 6) is 0. The van der Waals surface area contributed by atoms with Crippen LogP contribution in [0.1, 0.15) is 31.5 Å². The molecule has 1 atom stereocenters. The van der Waals surface area contributed by atoms with Gasteiger partial charge in [0.05, 0.1) is 11.8 Å². The highest BCUT2D eigenvalue weighted by Crippen LogP contribution is 2.25. The Morgan fingerprint density at radius 3 is 2.87 bits per heavy atom. The van der Waals surface area contributed by atoms with E-state index in [-0.39, 0.29) is 0 Å². The van der Waals surface area contributed by atoms with Crippen molar-refractivity contribution in [2.24, 2.45) is 0 Å². The van der Waals surface area contributed by atoms with Crippen molar-refractivity contribution in [2.75, 3.05) is 7.11 Å². The van der Waals surface area contributed by atoms with E-state index in [9.17, 15) is 0 Å². The summed E-state index contributed by atoms with van der Waals surface area (Å²) >= 11 is 0. The fraction of sp³-hybridized carbons (Fsp3) is 0.583. The monoisotopic (exact) mass is 206 g/mol. The van der Waals surface area contributed by atoms with E-state index in [1.165, 1.54) is 0 Å². The first kappa shape index (κ1) is 10.6. The van der Waals surface area contributed by atoms with Gasteiger partial charge in [0.25, 0.3) is 0 Å². The Bertz CT molecular complexity index is 296. The Morgan fingerprint density at radius 2 is 2.27 bits per heavy atom. The van der Waals surface area contributed by atoms with Crippen LogP contribution in [-0.2, 0) is 4.74 Å². The number of hydrogen-bond acceptors (Lipinski definition) is 3. The molecule has 1 heterocycles. The van der Waals surface area contributed by atoms with Crippen LogP contribution in [0.4, 0.5) is 0 Å². The molecule has 1 aromatic rings. The van der Waals surface area contributed by atoms with Crippen LogP contribution < -0.4 is 5.32 Å². The maximum Gasteiger partial charge on any atom is 0.0601 e. The molecule has 0 bridgehead atoms. The summed E-state index contributed by atoms with van der Waals surface area (Å²) in [5, 5.41) is 3.55. The zero-order chi connectivity index (χ0) is 10.7. The lowest BCUT2D eigenvalue weighted by atomic mass is 9.88. The summed E-state index contributed by atoms with van der Waals surface area (Å²) < 4.78 is 5.25. The molecule has 0 aromatic carbocycles. The lowest BCUT2D eigenvalue weighted by molar-refractivity contribution is 0.0146. The van der Waals surface area contributed by atoms with Crippen molar-refractivity contribution in [2.45, 2.75) is 38.0 Å². The van der Waals surface area contributed by atoms with Gasteiger partial charge in [-0.3, -0.25) is 4.98 Å². The van der Waals surface area contributed by atoms with Crippen LogP contribution in [0.3, 0.4) is 0 Å². The second kappa shape index (κ2) is 4.73. The van der Waals surface area contributed by atoms with Crippen LogP contribution in [0.5, 0.6) is 0 Å². The quantitative estimate of drug-likeness (QED) is 0.817. The second-order valence-electron chi connectivity index (χ2n) is 4.17. The number of aromatic nitrogens is 1. The van der Waals surface area contributed by atoms with Gasteiger partial charge in [-0.05, 0) is 31.9 Å². The van der Waals surface area contributed by atoms with Crippen LogP contribution >= 0.6 is 0 Å². The van der Waals surface area contributed by atoms with Crippen molar-refractivity contribution < 1.29 is 4.74 Å². The topological polar surface area (TPSA) is 34.1 Å². The molecule has 0 saturated heterocycles. The van der Waals surface area contributed by atoms with Crippen molar-refractivity contribution >= 4 is 0 Å². The second-order valence-corrected chi connectivity index (χ2v) is 4.17. The van der Waals surface area contributed by atoms with Crippen LogP contribution in [0, 0.1) is 0 Å². The average molecular weight is 206 g/mol. The number of hydrogen-bond donors (Lipinski definition) is 1. The third-order valence-corrected chi connectivity index (χ3v) is 3.05. The summed E-state index contributed by atoms with van der Waals surface area (Å²) in [6, 6.07) is 6.95. The van der Waals surface area contributed by atoms with E-state index in [0.29, 0.717) is 18.2 Å². The number of nitrogens with one attached hydrogen (secondary N) is 1. The zero-order valence-corrected chi connectivity index (χ0v) is 9.31. The van der Waals surface area contributed by atoms with Gasteiger partial charge in [-0.2, -0.15) is 0 Å². The molecule has 1 aromatic heterocycles. The molecule has 82 valence electrons. The Balaban J connectivity index is 1.81. The van der Waals surface area contributed by atoms with Gasteiger partial charge in [-0.15, -0.1) is 0 Å². The van der Waals surface area contributed by atoms with E-state index < -0.39 is 0 Å². The predicted molar refractivity (Wildman–Crippen MR) is 59.6 cm³/mol. The van der Waals surface area contributed by atoms with Crippen molar-refractivity contribution in [1.29, 1.82) is 0 Å². The summed E-state index contributed by atoms with van der Waals surface area (Å²) in [6.45, 7) is 2.16. The van der Waals surface area contributed by atoms with Gasteiger partial charge in [-0.25, -0.2) is 0 Å². The molecule has 0 spiro atoms. The van der Waals surface area contributed by atoms with Crippen molar-refractivity contribution in [3.8, 4) is 0 Å². The van der Waals surface area contributed by atoms with Crippen LogP contribution in [0.2, 0.25) is 0 Å². The molecule has 15 heavy (non-hydrogen) atoms. The summed E-state index contributed by atoms with van der Waals surface area (Å²) in [7, 11) is 1.78. The maximum atomic E-state index is 5.25. The van der Waals surface area contributed by atoms with Gasteiger partial charge in [0, 0.05) is 25.4 Å². The number of nitrogens with zero attached hydrogens (tertiary/aromatic N) is 1. The predicted octanol–water partition coefficient (Wildman–Crippen LogP) is 1.91. The normalized spacial score (nSPS) is 27.1. The number of ether oxygens (including phenoxy) is 1. The molecule has 1 N–H and O–H groups in total. The molecule has 1 fully saturated rings. The highest BCUT2D eigenvalue weighted by atomic mass is 16.5. The Labute approximate surface area is 90.9 Å². The molecule has 3 heteroatoms.